The van der Waals surface area contributed by atoms with Crippen molar-refractivity contribution in [2.75, 3.05) is 27.6 Å². The largest absolute Gasteiger partial charge is 0.508 e. The number of benzene rings is 9. The molecule has 9 aromatic rings. The Bertz CT molecular complexity index is 5040. The van der Waals surface area contributed by atoms with Gasteiger partial charge in [-0.05, 0) is 247 Å². The molecule has 2 fully saturated rings. The van der Waals surface area contributed by atoms with Crippen molar-refractivity contribution in [3.8, 4) is 46.0 Å². The van der Waals surface area contributed by atoms with Crippen molar-refractivity contribution in [1.82, 2.24) is 0 Å². The Morgan fingerprint density at radius 1 is 0.370 bits per heavy atom. The Labute approximate surface area is 741 Å². The van der Waals surface area contributed by atoms with Crippen LogP contribution in [-0.2, 0) is 59.3 Å². The first-order chi connectivity index (χ1) is 54.0. The summed E-state index contributed by atoms with van der Waals surface area (Å²) < 4.78 is 77.6. The van der Waals surface area contributed by atoms with E-state index in [1.54, 1.807) is 44.6 Å². The number of hydrogen-bond donors (Lipinski definition) is 5. The monoisotopic (exact) mass is 1820 g/mol. The van der Waals surface area contributed by atoms with E-state index in [1.807, 2.05) is 97.9 Å². The average Bonchev–Trinajstić information content (AvgIpc) is 1.69. The molecule has 654 valence electrons. The van der Waals surface area contributed by atoms with Gasteiger partial charge in [0.2, 0.25) is 0 Å². The highest BCUT2D eigenvalue weighted by Gasteiger charge is 2.37. The van der Waals surface area contributed by atoms with Gasteiger partial charge < -0.3 is 39.7 Å². The maximum absolute atomic E-state index is 12.7. The van der Waals surface area contributed by atoms with Crippen LogP contribution in [0, 0.1) is 13.8 Å². The topological polar surface area (TPSA) is 180 Å². The van der Waals surface area contributed by atoms with E-state index >= 15 is 0 Å². The molecule has 0 aromatic heterocycles. The summed E-state index contributed by atoms with van der Waals surface area (Å²) in [6, 6.07) is 37.4. The van der Waals surface area contributed by atoms with Gasteiger partial charge in [0.1, 0.15) is 46.0 Å². The van der Waals surface area contributed by atoms with Crippen LogP contribution >= 0.6 is 73.9 Å². The van der Waals surface area contributed by atoms with Crippen molar-refractivity contribution < 1.29 is 66.1 Å². The summed E-state index contributed by atoms with van der Waals surface area (Å²) in [7, 11) is 1.50. The lowest BCUT2D eigenvalue weighted by Crippen LogP contribution is -2.16. The van der Waals surface area contributed by atoms with Crippen LogP contribution in [-0.4, -0.2) is 67.8 Å². The first kappa shape index (κ1) is 104. The molecule has 2 aliphatic carbocycles. The summed E-state index contributed by atoms with van der Waals surface area (Å²) in [4.78, 5) is 11.0. The summed E-state index contributed by atoms with van der Waals surface area (Å²) in [5, 5.41) is 53.4. The Morgan fingerprint density at radius 2 is 0.689 bits per heavy atom. The number of carbonyl (C=O) groups excluding carboxylic acids is 1. The first-order valence-electron chi connectivity index (χ1n) is 39.5. The molecule has 0 saturated heterocycles. The number of hydrogen-bond acceptors (Lipinski definition) is 11. The molecule has 0 unspecified atom stereocenters. The standard InChI is InChI=1S/C14H19ClO.C14H16O.C13H17ClO.C12H14ClF3O.C12H15ClO2.C11H15BrO.C11H15ClO.C11H16O3S/c1-14(2,3)11-7-10(9-5-6-9)12(15)8-13(11)16-4;1-14(2,3)12-8-10-6-4-5-7-11(10)9-13(12)15;1-13(2,3)10-6-9(8-4-5-8)11(14)7-12(10)15;1-11(2,3)8-5-7(12(14,15)16)9(13)6-10(8)17-4;1-12(2,3)9-5-8(7-14)10(13)6-11(9)15-4;2*1-7-5-8(11(2,3)4)10(13)6-9(7)12;1-11(2,3)9-7-8(15(4,13)14)5-6-10(9)12/h7-9H,5-6H2,1-4H3;4-9,15H,1-3H3;6-8,15H,4-5H2,1-3H3;5-6H,1-4H3;5-7H,1-4H3;2*5-6,13H,1-4H3;5-7,12H,1-4H3. The highest BCUT2D eigenvalue weighted by molar-refractivity contribution is 9.10. The maximum Gasteiger partial charge on any atom is 0.417 e. The Morgan fingerprint density at radius 3 is 1.08 bits per heavy atom. The lowest BCUT2D eigenvalue weighted by molar-refractivity contribution is -0.137. The fourth-order valence-electron chi connectivity index (χ4n) is 12.6. The number of sulfone groups is 1. The predicted molar refractivity (Wildman–Crippen MR) is 496 cm³/mol. The zero-order valence-electron chi connectivity index (χ0n) is 75.2. The van der Waals surface area contributed by atoms with Crippen LogP contribution in [0.25, 0.3) is 10.8 Å². The molecule has 0 bridgehead atoms. The molecule has 0 amide bonds. The Kier molecular flexibility index (Phi) is 35.9. The minimum absolute atomic E-state index is 0.00442. The molecule has 21 heteroatoms. The molecule has 11 rings (SSSR count). The van der Waals surface area contributed by atoms with Gasteiger partial charge in [-0.2, -0.15) is 13.2 Å². The van der Waals surface area contributed by atoms with E-state index in [-0.39, 0.29) is 59.3 Å². The first-order valence-corrected chi connectivity index (χ1v) is 44.1. The van der Waals surface area contributed by atoms with Gasteiger partial charge in [0.25, 0.3) is 0 Å². The van der Waals surface area contributed by atoms with Gasteiger partial charge in [0, 0.05) is 48.1 Å². The Hall–Kier alpha value is -7.02. The minimum Gasteiger partial charge on any atom is -0.508 e. The number of methoxy groups -OCH3 is 3. The summed E-state index contributed by atoms with van der Waals surface area (Å²) in [5.41, 5.74) is 10.8. The number of carbonyl (C=O) groups is 1. The molecule has 0 atom stereocenters. The maximum atomic E-state index is 12.7. The lowest BCUT2D eigenvalue weighted by Gasteiger charge is -2.24. The number of aldehydes is 1. The molecule has 11 nitrogen and oxygen atoms in total. The lowest BCUT2D eigenvalue weighted by atomic mass is 9.85. The number of alkyl halides is 3. The van der Waals surface area contributed by atoms with Crippen LogP contribution in [0.1, 0.15) is 286 Å². The molecule has 2 aliphatic rings. The summed E-state index contributed by atoms with van der Waals surface area (Å²) in [5.74, 6) is 4.79. The SMILES string of the molecule is CC(C)(C)c1cc(C2CC2)c(Cl)cc1O.CC(C)(C)c1cc(S(C)(=O)=O)ccc1O.CC(C)(C)c1cc2ccccc2cc1O.COc1cc(Cl)c(C(F)(F)F)cc1C(C)(C)C.COc1cc(Cl)c(C2CC2)cc1C(C)(C)C.COc1cc(Cl)c(C=O)cc1C(C)(C)C.Cc1cc(C(C)(C)C)c(O)cc1Br.Cc1cc(C(C)(C)C)c(O)cc1Cl. The van der Waals surface area contributed by atoms with Crippen LogP contribution in [0.5, 0.6) is 46.0 Å². The highest BCUT2D eigenvalue weighted by atomic mass is 79.9. The molecule has 9 aromatic carbocycles. The third kappa shape index (κ3) is 30.8. The van der Waals surface area contributed by atoms with Crippen molar-refractivity contribution in [3.63, 3.8) is 0 Å². The van der Waals surface area contributed by atoms with Gasteiger partial charge in [-0.1, -0.05) is 277 Å². The van der Waals surface area contributed by atoms with Gasteiger partial charge in [0.15, 0.2) is 16.1 Å². The van der Waals surface area contributed by atoms with Crippen molar-refractivity contribution in [2.24, 2.45) is 0 Å². The molecule has 0 aliphatic heterocycles. The van der Waals surface area contributed by atoms with Gasteiger partial charge in [-0.15, -0.1) is 0 Å². The zero-order chi connectivity index (χ0) is 91.6. The second-order valence-corrected chi connectivity index (χ2v) is 43.5. The number of ether oxygens (including phenoxy) is 3. The number of aryl methyl sites for hydroxylation is 2. The predicted octanol–water partition coefficient (Wildman–Crippen LogP) is 30.2. The van der Waals surface area contributed by atoms with E-state index in [4.69, 9.17) is 72.2 Å². The van der Waals surface area contributed by atoms with E-state index in [0.717, 1.165) is 83.9 Å². The summed E-state index contributed by atoms with van der Waals surface area (Å²) in [6.07, 6.45) is 2.47. The van der Waals surface area contributed by atoms with E-state index in [1.165, 1.54) is 79.1 Å². The molecule has 0 spiro atoms. The molecule has 0 heterocycles. The third-order valence-corrected chi connectivity index (χ3v) is 23.5. The molecule has 5 N–H and O–H groups in total. The Balaban J connectivity index is 0.000000286. The van der Waals surface area contributed by atoms with E-state index in [0.29, 0.717) is 66.6 Å². The number of phenolic OH excluding ortho intramolecular Hbond substituents is 5. The number of fused-ring (bicyclic) bond motifs is 1. The van der Waals surface area contributed by atoms with E-state index in [9.17, 15) is 51.9 Å². The molecular formula is C98H127BrCl5F3O11S. The fraction of sp³-hybridized carbons (Fsp3) is 0.459. The van der Waals surface area contributed by atoms with Crippen molar-refractivity contribution in [1.29, 1.82) is 0 Å². The summed E-state index contributed by atoms with van der Waals surface area (Å²) in [6.45, 7) is 53.1. The molecule has 2 saturated carbocycles. The zero-order valence-corrected chi connectivity index (χ0v) is 81.4. The van der Waals surface area contributed by atoms with Crippen molar-refractivity contribution in [2.45, 2.75) is 272 Å². The number of rotatable bonds is 7. The second-order valence-electron chi connectivity index (χ2n) is 38.6. The molecule has 0 radical (unpaired) electrons. The second kappa shape index (κ2) is 41.0. The quantitative estimate of drug-likeness (QED) is 0.0959. The third-order valence-electron chi connectivity index (χ3n) is 19.8. The van der Waals surface area contributed by atoms with Crippen LogP contribution in [0.2, 0.25) is 25.1 Å². The average molecular weight is 1830 g/mol. The van der Waals surface area contributed by atoms with Gasteiger partial charge in [-0.25, -0.2) is 8.42 Å². The van der Waals surface area contributed by atoms with E-state index in [2.05, 4.69) is 165 Å². The summed E-state index contributed by atoms with van der Waals surface area (Å²) >= 11 is 33.2. The van der Waals surface area contributed by atoms with Gasteiger partial charge in [-0.3, -0.25) is 4.79 Å². The smallest absolute Gasteiger partial charge is 0.417 e. The highest BCUT2D eigenvalue weighted by Crippen LogP contribution is 2.50. The fourth-order valence-corrected chi connectivity index (χ4v) is 14.8. The number of aromatic hydroxyl groups is 5. The van der Waals surface area contributed by atoms with Crippen LogP contribution in [0.4, 0.5) is 13.2 Å². The van der Waals surface area contributed by atoms with E-state index < -0.39 is 27.0 Å². The van der Waals surface area contributed by atoms with Crippen LogP contribution < -0.4 is 14.2 Å². The van der Waals surface area contributed by atoms with Crippen molar-refractivity contribution >= 4 is 101 Å². The normalized spacial score (nSPS) is 13.2. The molecule has 119 heavy (non-hydrogen) atoms. The van der Waals surface area contributed by atoms with Gasteiger partial charge >= 0.3 is 6.18 Å². The molecular weight excluding hydrogens is 1700 g/mol. The van der Waals surface area contributed by atoms with Gasteiger partial charge in [0.05, 0.1) is 41.8 Å². The number of phenols is 5. The minimum atomic E-state index is -4.46. The van der Waals surface area contributed by atoms with Crippen molar-refractivity contribution in [3.05, 3.63) is 235 Å². The van der Waals surface area contributed by atoms with Crippen LogP contribution in [0.3, 0.4) is 0 Å². The van der Waals surface area contributed by atoms with Crippen LogP contribution in [0.15, 0.2) is 137 Å². The number of halogens is 9.